The van der Waals surface area contributed by atoms with Gasteiger partial charge in [0.1, 0.15) is 11.1 Å². The standard InChI is InChI=1S/C18H19ClN2O4S/c1-18(2)6-12-13(7-20)16(26-14(12)8-25-18)21-15(22)11-5-9(19)3-4-10(11)17(23)24/h3,10-11H,4-6,8H2,1-2H3,(H,21,22)(H,23,24)/p-1/t10-,11-/m0/s1. The molecule has 0 saturated carbocycles. The summed E-state index contributed by atoms with van der Waals surface area (Å²) in [6, 6.07) is 2.17. The zero-order valence-corrected chi connectivity index (χ0v) is 16.0. The number of amides is 1. The number of carboxylic acids is 1. The van der Waals surface area contributed by atoms with E-state index in [9.17, 15) is 20.0 Å². The van der Waals surface area contributed by atoms with Crippen LogP contribution in [0.25, 0.3) is 0 Å². The first kappa shape index (κ1) is 18.9. The van der Waals surface area contributed by atoms with Gasteiger partial charge in [-0.1, -0.05) is 17.7 Å². The van der Waals surface area contributed by atoms with E-state index in [1.54, 1.807) is 6.08 Å². The number of carbonyl (C=O) groups is 2. The highest BCUT2D eigenvalue weighted by Gasteiger charge is 2.35. The zero-order chi connectivity index (χ0) is 19.1. The first-order valence-electron chi connectivity index (χ1n) is 8.26. The van der Waals surface area contributed by atoms with Crippen LogP contribution in [0.4, 0.5) is 5.00 Å². The minimum absolute atomic E-state index is 0.148. The van der Waals surface area contributed by atoms with E-state index in [0.717, 1.165) is 10.4 Å². The molecule has 0 bridgehead atoms. The zero-order valence-electron chi connectivity index (χ0n) is 14.4. The fourth-order valence-electron chi connectivity index (χ4n) is 3.36. The average Bonchev–Trinajstić information content (AvgIpc) is 2.89. The molecular weight excluding hydrogens is 376 g/mol. The van der Waals surface area contributed by atoms with E-state index in [4.69, 9.17) is 16.3 Å². The van der Waals surface area contributed by atoms with Crippen LogP contribution in [0.1, 0.15) is 42.7 Å². The summed E-state index contributed by atoms with van der Waals surface area (Å²) in [7, 11) is 0. The largest absolute Gasteiger partial charge is 0.550 e. The summed E-state index contributed by atoms with van der Waals surface area (Å²) in [5, 5.41) is 24.6. The number of nitrogens with one attached hydrogen (secondary N) is 1. The summed E-state index contributed by atoms with van der Waals surface area (Å²) in [6.45, 7) is 4.29. The number of anilines is 1. The van der Waals surface area contributed by atoms with Crippen molar-refractivity contribution in [2.45, 2.75) is 45.3 Å². The Labute approximate surface area is 160 Å². The minimum atomic E-state index is -1.27. The molecule has 1 aliphatic carbocycles. The van der Waals surface area contributed by atoms with E-state index >= 15 is 0 Å². The Hall–Kier alpha value is -1.88. The second kappa shape index (κ2) is 7.03. The summed E-state index contributed by atoms with van der Waals surface area (Å²) >= 11 is 7.30. The number of halogens is 1. The molecule has 1 aromatic rings. The number of hydrogen-bond acceptors (Lipinski definition) is 6. The van der Waals surface area contributed by atoms with Gasteiger partial charge in [-0.3, -0.25) is 4.79 Å². The smallest absolute Gasteiger partial charge is 0.229 e. The van der Waals surface area contributed by atoms with Crippen LogP contribution < -0.4 is 10.4 Å². The van der Waals surface area contributed by atoms with Gasteiger partial charge >= 0.3 is 0 Å². The number of aliphatic carboxylic acids is 1. The quantitative estimate of drug-likeness (QED) is 0.848. The van der Waals surface area contributed by atoms with E-state index in [1.165, 1.54) is 11.3 Å². The van der Waals surface area contributed by atoms with Gasteiger partial charge in [-0.25, -0.2) is 0 Å². The monoisotopic (exact) mass is 393 g/mol. The third-order valence-electron chi connectivity index (χ3n) is 4.77. The molecule has 1 amide bonds. The van der Waals surface area contributed by atoms with E-state index in [1.807, 2.05) is 13.8 Å². The second-order valence-electron chi connectivity index (χ2n) is 7.16. The summed E-state index contributed by atoms with van der Waals surface area (Å²) in [5.74, 6) is -3.48. The number of fused-ring (bicyclic) bond motifs is 1. The second-order valence-corrected chi connectivity index (χ2v) is 8.75. The summed E-state index contributed by atoms with van der Waals surface area (Å²) in [6.07, 6.45) is 2.50. The topological polar surface area (TPSA) is 102 Å². The predicted molar refractivity (Wildman–Crippen MR) is 95.4 cm³/mol. The van der Waals surface area contributed by atoms with Gasteiger partial charge in [0.05, 0.1) is 23.7 Å². The average molecular weight is 394 g/mol. The van der Waals surface area contributed by atoms with Crippen molar-refractivity contribution in [2.24, 2.45) is 11.8 Å². The van der Waals surface area contributed by atoms with Crippen LogP contribution in [-0.2, 0) is 27.4 Å². The highest BCUT2D eigenvalue weighted by Crippen LogP contribution is 2.41. The number of nitrogens with zero attached hydrogens (tertiary/aromatic N) is 1. The lowest BCUT2D eigenvalue weighted by molar-refractivity contribution is -0.313. The maximum Gasteiger partial charge on any atom is 0.229 e. The first-order chi connectivity index (χ1) is 12.2. The molecule has 3 rings (SSSR count). The van der Waals surface area contributed by atoms with E-state index in [2.05, 4.69) is 11.4 Å². The number of carbonyl (C=O) groups excluding carboxylic acids is 2. The molecule has 0 saturated heterocycles. The molecule has 2 heterocycles. The maximum absolute atomic E-state index is 12.7. The van der Waals surface area contributed by atoms with Crippen molar-refractivity contribution >= 4 is 39.8 Å². The molecule has 1 aromatic heterocycles. The van der Waals surface area contributed by atoms with Crippen LogP contribution >= 0.6 is 22.9 Å². The number of thiophene rings is 1. The molecular formula is C18H18ClN2O4S-. The first-order valence-corrected chi connectivity index (χ1v) is 9.46. The molecule has 8 heteroatoms. The van der Waals surface area contributed by atoms with Crippen LogP contribution in [0.5, 0.6) is 0 Å². The molecule has 0 spiro atoms. The maximum atomic E-state index is 12.7. The normalized spacial score (nSPS) is 24.2. The number of nitriles is 1. The van der Waals surface area contributed by atoms with Crippen LogP contribution in [0.3, 0.4) is 0 Å². The summed E-state index contributed by atoms with van der Waals surface area (Å²) in [4.78, 5) is 25.0. The fourth-order valence-corrected chi connectivity index (χ4v) is 4.69. The Morgan fingerprint density at radius 3 is 2.85 bits per heavy atom. The van der Waals surface area contributed by atoms with Crippen LogP contribution in [0.2, 0.25) is 0 Å². The Morgan fingerprint density at radius 2 is 2.19 bits per heavy atom. The van der Waals surface area contributed by atoms with Gasteiger partial charge < -0.3 is 20.0 Å². The molecule has 26 heavy (non-hydrogen) atoms. The lowest BCUT2D eigenvalue weighted by Crippen LogP contribution is -2.42. The molecule has 0 unspecified atom stereocenters. The van der Waals surface area contributed by atoms with Gasteiger partial charge in [0.15, 0.2) is 0 Å². The van der Waals surface area contributed by atoms with Crippen molar-refractivity contribution in [2.75, 3.05) is 5.32 Å². The van der Waals surface area contributed by atoms with Gasteiger partial charge in [0.25, 0.3) is 0 Å². The van der Waals surface area contributed by atoms with Crippen LogP contribution in [0.15, 0.2) is 11.1 Å². The van der Waals surface area contributed by atoms with E-state index in [0.29, 0.717) is 28.6 Å². The SMILES string of the molecule is CC1(C)Cc2c(sc(NC(=O)[C@H]3CC(Cl)=CC[C@@H]3C(=O)[O-])c2C#N)CO1. The lowest BCUT2D eigenvalue weighted by atomic mass is 9.82. The molecule has 0 aromatic carbocycles. The lowest BCUT2D eigenvalue weighted by Gasteiger charge is -2.30. The third kappa shape index (κ3) is 3.63. The van der Waals surface area contributed by atoms with E-state index < -0.39 is 23.7 Å². The molecule has 2 atom stereocenters. The Balaban J connectivity index is 1.86. The Bertz CT molecular complexity index is 837. The van der Waals surface area contributed by atoms with Crippen LogP contribution in [0, 0.1) is 23.2 Å². The number of allylic oxidation sites excluding steroid dienone is 2. The minimum Gasteiger partial charge on any atom is -0.550 e. The van der Waals surface area contributed by atoms with Crippen molar-refractivity contribution < 1.29 is 19.4 Å². The Morgan fingerprint density at radius 1 is 1.46 bits per heavy atom. The summed E-state index contributed by atoms with van der Waals surface area (Å²) < 4.78 is 5.77. The van der Waals surface area contributed by atoms with Crippen molar-refractivity contribution in [3.63, 3.8) is 0 Å². The Kier molecular flexibility index (Phi) is 5.11. The van der Waals surface area contributed by atoms with Crippen molar-refractivity contribution in [3.05, 3.63) is 27.1 Å². The van der Waals surface area contributed by atoms with Crippen molar-refractivity contribution in [1.29, 1.82) is 5.26 Å². The third-order valence-corrected chi connectivity index (χ3v) is 6.20. The number of hydrogen-bond donors (Lipinski definition) is 1. The molecule has 1 aliphatic heterocycles. The molecule has 6 nitrogen and oxygen atoms in total. The van der Waals surface area contributed by atoms with Gasteiger partial charge in [0.2, 0.25) is 5.91 Å². The van der Waals surface area contributed by atoms with Crippen LogP contribution in [-0.4, -0.2) is 17.5 Å². The van der Waals surface area contributed by atoms with Gasteiger partial charge in [-0.15, -0.1) is 11.3 Å². The summed E-state index contributed by atoms with van der Waals surface area (Å²) in [5.41, 5.74) is 0.946. The van der Waals surface area contributed by atoms with Crippen molar-refractivity contribution in [1.82, 2.24) is 0 Å². The molecule has 0 fully saturated rings. The molecule has 0 radical (unpaired) electrons. The number of rotatable bonds is 3. The van der Waals surface area contributed by atoms with Gasteiger partial charge in [0, 0.05) is 28.2 Å². The molecule has 2 aliphatic rings. The fraction of sp³-hybridized carbons (Fsp3) is 0.500. The van der Waals surface area contributed by atoms with Gasteiger partial charge in [-0.05, 0) is 32.3 Å². The molecule has 1 N–H and O–H groups in total. The highest BCUT2D eigenvalue weighted by molar-refractivity contribution is 7.16. The van der Waals surface area contributed by atoms with Gasteiger partial charge in [-0.2, -0.15) is 5.26 Å². The van der Waals surface area contributed by atoms with E-state index in [-0.39, 0.29) is 18.4 Å². The number of ether oxygens (including phenoxy) is 1. The number of carboxylic acid groups (broad SMARTS) is 1. The highest BCUT2D eigenvalue weighted by atomic mass is 35.5. The predicted octanol–water partition coefficient (Wildman–Crippen LogP) is 2.31. The van der Waals surface area contributed by atoms with Crippen molar-refractivity contribution in [3.8, 4) is 6.07 Å². The molecule has 138 valence electrons.